The maximum atomic E-state index is 11.2. The minimum absolute atomic E-state index is 0.331. The van der Waals surface area contributed by atoms with Crippen LogP contribution in [0.4, 0.5) is 5.69 Å². The van der Waals surface area contributed by atoms with Crippen LogP contribution in [0, 0.1) is 13.8 Å². The molecule has 21 heavy (non-hydrogen) atoms. The lowest BCUT2D eigenvalue weighted by Gasteiger charge is -2.10. The molecule has 1 heterocycles. The van der Waals surface area contributed by atoms with Crippen molar-refractivity contribution in [1.82, 2.24) is 9.78 Å². The molecule has 0 aliphatic heterocycles. The van der Waals surface area contributed by atoms with Crippen molar-refractivity contribution >= 4 is 11.6 Å². The molecule has 0 spiro atoms. The monoisotopic (exact) mass is 286 g/mol. The highest BCUT2D eigenvalue weighted by molar-refractivity contribution is 5.92. The molecule has 0 radical (unpaired) electrons. The zero-order valence-electron chi connectivity index (χ0n) is 13.0. The smallest absolute Gasteiger partial charge is 0.248 e. The molecule has 0 aliphatic carbocycles. The summed E-state index contributed by atoms with van der Waals surface area (Å²) in [6.45, 7) is 8.90. The van der Waals surface area contributed by atoms with Crippen LogP contribution in [0.3, 0.4) is 0 Å². The van der Waals surface area contributed by atoms with Gasteiger partial charge in [0.25, 0.3) is 0 Å². The van der Waals surface area contributed by atoms with Gasteiger partial charge in [-0.25, -0.2) is 0 Å². The number of anilines is 1. The minimum atomic E-state index is -0.406. The third kappa shape index (κ3) is 3.24. The van der Waals surface area contributed by atoms with E-state index in [2.05, 4.69) is 31.2 Å². The Morgan fingerprint density at radius 2 is 2.10 bits per heavy atom. The zero-order valence-corrected chi connectivity index (χ0v) is 13.0. The highest BCUT2D eigenvalue weighted by atomic mass is 16.1. The topological polar surface area (TPSA) is 72.9 Å². The van der Waals surface area contributed by atoms with Crippen molar-refractivity contribution in [2.75, 3.05) is 5.32 Å². The number of primary amides is 1. The third-order valence-electron chi connectivity index (χ3n) is 3.49. The molecule has 0 fully saturated rings. The second-order valence-electron chi connectivity index (χ2n) is 5.50. The van der Waals surface area contributed by atoms with E-state index in [1.165, 1.54) is 0 Å². The Bertz CT molecular complexity index is 658. The van der Waals surface area contributed by atoms with E-state index in [0.717, 1.165) is 22.6 Å². The first-order valence-corrected chi connectivity index (χ1v) is 7.08. The van der Waals surface area contributed by atoms with Crippen molar-refractivity contribution in [1.29, 1.82) is 0 Å². The second kappa shape index (κ2) is 5.99. The summed E-state index contributed by atoms with van der Waals surface area (Å²) in [7, 11) is 0. The number of nitrogens with zero attached hydrogens (tertiary/aromatic N) is 2. The Morgan fingerprint density at radius 3 is 2.67 bits per heavy atom. The van der Waals surface area contributed by atoms with Gasteiger partial charge in [-0.15, -0.1) is 0 Å². The summed E-state index contributed by atoms with van der Waals surface area (Å²) < 4.78 is 2.01. The highest BCUT2D eigenvalue weighted by Crippen LogP contribution is 2.23. The third-order valence-corrected chi connectivity index (χ3v) is 3.49. The minimum Gasteiger partial charge on any atom is -0.378 e. The van der Waals surface area contributed by atoms with Gasteiger partial charge < -0.3 is 11.1 Å². The fourth-order valence-corrected chi connectivity index (χ4v) is 2.45. The SMILES string of the molecule is Cc1nn(C(C)C)c(C)c1NCc1cccc(C(N)=O)c1. The molecule has 1 aromatic carbocycles. The average molecular weight is 286 g/mol. The van der Waals surface area contributed by atoms with Gasteiger partial charge in [0, 0.05) is 18.2 Å². The first kappa shape index (κ1) is 15.1. The molecule has 2 rings (SSSR count). The molecule has 0 saturated carbocycles. The summed E-state index contributed by atoms with van der Waals surface area (Å²) in [5.74, 6) is -0.406. The Morgan fingerprint density at radius 1 is 1.38 bits per heavy atom. The summed E-state index contributed by atoms with van der Waals surface area (Å²) in [6, 6.07) is 7.68. The maximum absolute atomic E-state index is 11.2. The Labute approximate surface area is 125 Å². The molecule has 0 atom stereocenters. The van der Waals surface area contributed by atoms with E-state index in [-0.39, 0.29) is 0 Å². The van der Waals surface area contributed by atoms with E-state index in [9.17, 15) is 4.79 Å². The van der Waals surface area contributed by atoms with E-state index in [0.29, 0.717) is 18.2 Å². The van der Waals surface area contributed by atoms with Crippen LogP contribution < -0.4 is 11.1 Å². The molecule has 0 unspecified atom stereocenters. The number of aromatic nitrogens is 2. The van der Waals surface area contributed by atoms with Gasteiger partial charge in [-0.05, 0) is 45.4 Å². The first-order chi connectivity index (χ1) is 9.90. The van der Waals surface area contributed by atoms with Crippen LogP contribution >= 0.6 is 0 Å². The molecule has 0 saturated heterocycles. The van der Waals surface area contributed by atoms with Crippen molar-refractivity contribution in [3.63, 3.8) is 0 Å². The lowest BCUT2D eigenvalue weighted by atomic mass is 10.1. The van der Waals surface area contributed by atoms with Crippen molar-refractivity contribution in [3.8, 4) is 0 Å². The van der Waals surface area contributed by atoms with E-state index >= 15 is 0 Å². The van der Waals surface area contributed by atoms with Crippen LogP contribution in [0.1, 0.15) is 47.2 Å². The fraction of sp³-hybridized carbons (Fsp3) is 0.375. The predicted octanol–water partition coefficient (Wildman–Crippen LogP) is 2.79. The molecule has 2 aromatic rings. The summed E-state index contributed by atoms with van der Waals surface area (Å²) in [5, 5.41) is 7.95. The lowest BCUT2D eigenvalue weighted by molar-refractivity contribution is 0.1000. The molecule has 3 N–H and O–H groups in total. The number of amides is 1. The molecular formula is C16H22N4O. The molecular weight excluding hydrogens is 264 g/mol. The summed E-state index contributed by atoms with van der Waals surface area (Å²) in [4.78, 5) is 11.2. The van der Waals surface area contributed by atoms with Crippen molar-refractivity contribution < 1.29 is 4.79 Å². The van der Waals surface area contributed by atoms with Gasteiger partial charge in [0.1, 0.15) is 0 Å². The van der Waals surface area contributed by atoms with Gasteiger partial charge in [-0.2, -0.15) is 5.10 Å². The van der Waals surface area contributed by atoms with Crippen LogP contribution in [-0.2, 0) is 6.54 Å². The normalized spacial score (nSPS) is 10.9. The van der Waals surface area contributed by atoms with Gasteiger partial charge in [-0.1, -0.05) is 12.1 Å². The number of carbonyl (C=O) groups is 1. The Balaban J connectivity index is 2.17. The number of nitrogens with one attached hydrogen (secondary N) is 1. The number of aryl methyl sites for hydroxylation is 1. The van der Waals surface area contributed by atoms with Crippen LogP contribution in [0.25, 0.3) is 0 Å². The molecule has 1 aromatic heterocycles. The van der Waals surface area contributed by atoms with E-state index in [4.69, 9.17) is 5.73 Å². The molecule has 5 heteroatoms. The van der Waals surface area contributed by atoms with Crippen molar-refractivity contribution in [2.24, 2.45) is 5.73 Å². The summed E-state index contributed by atoms with van der Waals surface area (Å²) in [6.07, 6.45) is 0. The molecule has 1 amide bonds. The number of hydrogen-bond acceptors (Lipinski definition) is 3. The lowest BCUT2D eigenvalue weighted by Crippen LogP contribution is -2.11. The zero-order chi connectivity index (χ0) is 15.6. The van der Waals surface area contributed by atoms with Crippen molar-refractivity contribution in [3.05, 3.63) is 46.8 Å². The first-order valence-electron chi connectivity index (χ1n) is 7.08. The number of rotatable bonds is 5. The van der Waals surface area contributed by atoms with Gasteiger partial charge >= 0.3 is 0 Å². The van der Waals surface area contributed by atoms with Gasteiger partial charge in [0.05, 0.1) is 17.1 Å². The predicted molar refractivity (Wildman–Crippen MR) is 84.4 cm³/mol. The number of nitrogens with two attached hydrogens (primary N) is 1. The molecule has 0 aliphatic rings. The van der Waals surface area contributed by atoms with Crippen LogP contribution in [0.2, 0.25) is 0 Å². The van der Waals surface area contributed by atoms with Gasteiger partial charge in [0.15, 0.2) is 0 Å². The summed E-state index contributed by atoms with van der Waals surface area (Å²) >= 11 is 0. The highest BCUT2D eigenvalue weighted by Gasteiger charge is 2.13. The largest absolute Gasteiger partial charge is 0.378 e. The van der Waals surface area contributed by atoms with E-state index < -0.39 is 5.91 Å². The standard InChI is InChI=1S/C16H22N4O/c1-10(2)20-12(4)15(11(3)19-20)18-9-13-6-5-7-14(8-13)16(17)21/h5-8,10,18H,9H2,1-4H3,(H2,17,21). The summed E-state index contributed by atoms with van der Waals surface area (Å²) in [5.41, 5.74) is 9.99. The van der Waals surface area contributed by atoms with Crippen LogP contribution in [0.15, 0.2) is 24.3 Å². The molecule has 0 bridgehead atoms. The number of benzene rings is 1. The van der Waals surface area contributed by atoms with Gasteiger partial charge in [-0.3, -0.25) is 9.48 Å². The Kier molecular flexibility index (Phi) is 4.31. The Hall–Kier alpha value is -2.30. The number of carbonyl (C=O) groups excluding carboxylic acids is 1. The number of hydrogen-bond donors (Lipinski definition) is 2. The second-order valence-corrected chi connectivity index (χ2v) is 5.50. The van der Waals surface area contributed by atoms with Crippen LogP contribution in [0.5, 0.6) is 0 Å². The average Bonchev–Trinajstić information content (AvgIpc) is 2.72. The molecule has 5 nitrogen and oxygen atoms in total. The van der Waals surface area contributed by atoms with E-state index in [1.807, 2.05) is 29.8 Å². The van der Waals surface area contributed by atoms with Crippen LogP contribution in [-0.4, -0.2) is 15.7 Å². The van der Waals surface area contributed by atoms with Gasteiger partial charge in [0.2, 0.25) is 5.91 Å². The van der Waals surface area contributed by atoms with Crippen molar-refractivity contribution in [2.45, 2.75) is 40.3 Å². The van der Waals surface area contributed by atoms with E-state index in [1.54, 1.807) is 6.07 Å². The fourth-order valence-electron chi connectivity index (χ4n) is 2.45. The quantitative estimate of drug-likeness (QED) is 0.887. The maximum Gasteiger partial charge on any atom is 0.248 e. The molecule has 112 valence electrons.